The van der Waals surface area contributed by atoms with Gasteiger partial charge in [0.1, 0.15) is 7.14 Å². The van der Waals surface area contributed by atoms with Crippen LogP contribution in [0.2, 0.25) is 0 Å². The molecule has 0 radical (unpaired) electrons. The molecule has 0 atom stereocenters. The lowest BCUT2D eigenvalue weighted by molar-refractivity contribution is -0.137. The molecule has 0 spiro atoms. The summed E-state index contributed by atoms with van der Waals surface area (Å²) in [5.41, 5.74) is 6.85. The number of fused-ring (bicyclic) bond motifs is 1. The Bertz CT molecular complexity index is 971. The van der Waals surface area contributed by atoms with Crippen LogP contribution in [0, 0.1) is 0 Å². The highest BCUT2D eigenvalue weighted by atomic mass is 31.2. The van der Waals surface area contributed by atoms with Gasteiger partial charge in [-0.25, -0.2) is 4.68 Å². The molecule has 0 saturated heterocycles. The van der Waals surface area contributed by atoms with Crippen LogP contribution in [0.15, 0.2) is 42.5 Å². The molecule has 0 unspecified atom stereocenters. The summed E-state index contributed by atoms with van der Waals surface area (Å²) in [5.74, 6) is 0. The average Bonchev–Trinajstić information content (AvgIpc) is 2.91. The van der Waals surface area contributed by atoms with Gasteiger partial charge in [0.25, 0.3) is 0 Å². The number of hydrogen-bond acceptors (Lipinski definition) is 3. The van der Waals surface area contributed by atoms with Crippen LogP contribution >= 0.6 is 7.14 Å². The highest BCUT2D eigenvalue weighted by Crippen LogP contribution is 2.36. The van der Waals surface area contributed by atoms with Gasteiger partial charge in [0, 0.05) is 17.2 Å². The largest absolute Gasteiger partial charge is 0.416 e. The summed E-state index contributed by atoms with van der Waals surface area (Å²) >= 11 is 0. The van der Waals surface area contributed by atoms with E-state index in [2.05, 4.69) is 5.10 Å². The fraction of sp³-hybridized carbons (Fsp3) is 0.235. The summed E-state index contributed by atoms with van der Waals surface area (Å²) in [4.78, 5) is 0. The lowest BCUT2D eigenvalue weighted by Gasteiger charge is -2.09. The zero-order chi connectivity index (χ0) is 18.4. The number of hydrogen-bond donors (Lipinski definition) is 1. The van der Waals surface area contributed by atoms with Gasteiger partial charge in [-0.05, 0) is 55.8 Å². The van der Waals surface area contributed by atoms with Crippen LogP contribution in [0.25, 0.3) is 16.6 Å². The second-order valence-corrected chi connectivity index (χ2v) is 9.38. The number of aromatic nitrogens is 2. The predicted molar refractivity (Wildman–Crippen MR) is 93.1 cm³/mol. The maximum Gasteiger partial charge on any atom is 0.416 e. The third kappa shape index (κ3) is 3.34. The first-order valence-electron chi connectivity index (χ1n) is 7.56. The molecule has 1 heterocycles. The zero-order valence-electron chi connectivity index (χ0n) is 13.7. The smallest absolute Gasteiger partial charge is 0.325 e. The molecule has 3 aromatic rings. The maximum atomic E-state index is 12.7. The molecule has 3 rings (SSSR count). The Morgan fingerprint density at radius 1 is 1.12 bits per heavy atom. The molecular weight excluding hydrogens is 350 g/mol. The number of benzene rings is 2. The van der Waals surface area contributed by atoms with Crippen LogP contribution in [0.4, 0.5) is 13.2 Å². The Kier molecular flexibility index (Phi) is 4.25. The van der Waals surface area contributed by atoms with Crippen molar-refractivity contribution < 1.29 is 17.7 Å². The van der Waals surface area contributed by atoms with Gasteiger partial charge >= 0.3 is 6.18 Å². The van der Waals surface area contributed by atoms with Crippen molar-refractivity contribution in [2.75, 3.05) is 13.3 Å². The van der Waals surface area contributed by atoms with E-state index in [0.717, 1.165) is 17.5 Å². The van der Waals surface area contributed by atoms with Crippen molar-refractivity contribution in [2.45, 2.75) is 12.7 Å². The SMILES string of the molecule is CP(C)(=O)c1ccc2c(c1)c(CN)nn2-c1ccc(C(F)(F)F)cc1. The molecule has 0 bridgehead atoms. The van der Waals surface area contributed by atoms with Crippen LogP contribution in [0.1, 0.15) is 11.3 Å². The lowest BCUT2D eigenvalue weighted by Crippen LogP contribution is -2.05. The van der Waals surface area contributed by atoms with Crippen molar-refractivity contribution in [2.24, 2.45) is 5.73 Å². The topological polar surface area (TPSA) is 60.9 Å². The van der Waals surface area contributed by atoms with Crippen LogP contribution in [-0.2, 0) is 17.3 Å². The van der Waals surface area contributed by atoms with Crippen molar-refractivity contribution in [3.8, 4) is 5.69 Å². The number of alkyl halides is 3. The van der Waals surface area contributed by atoms with E-state index in [4.69, 9.17) is 5.73 Å². The fourth-order valence-electron chi connectivity index (χ4n) is 2.64. The summed E-state index contributed by atoms with van der Waals surface area (Å²) in [6.45, 7) is 3.53. The first-order valence-corrected chi connectivity index (χ1v) is 10.2. The standard InChI is InChI=1S/C17H17F3N3OP/c1-25(2,24)13-7-8-16-14(9-13)15(10-21)22-23(16)12-5-3-11(4-6-12)17(18,19)20/h3-9H,10,21H2,1-2H3. The van der Waals surface area contributed by atoms with Crippen LogP contribution in [0.3, 0.4) is 0 Å². The minimum atomic E-state index is -4.38. The third-order valence-electron chi connectivity index (χ3n) is 3.99. The number of nitrogens with zero attached hydrogens (tertiary/aromatic N) is 2. The van der Waals surface area contributed by atoms with E-state index < -0.39 is 18.9 Å². The van der Waals surface area contributed by atoms with E-state index in [1.165, 1.54) is 12.1 Å². The molecular formula is C17H17F3N3OP. The summed E-state index contributed by atoms with van der Waals surface area (Å²) < 4.78 is 52.0. The molecule has 0 aliphatic rings. The van der Waals surface area contributed by atoms with Gasteiger partial charge in [0.15, 0.2) is 0 Å². The quantitative estimate of drug-likeness (QED) is 0.718. The van der Waals surface area contributed by atoms with Crippen LogP contribution < -0.4 is 11.0 Å². The zero-order valence-corrected chi connectivity index (χ0v) is 14.6. The molecule has 4 nitrogen and oxygen atoms in total. The maximum absolute atomic E-state index is 12.7. The van der Waals surface area contributed by atoms with E-state index in [1.54, 1.807) is 36.2 Å². The summed E-state index contributed by atoms with van der Waals surface area (Å²) in [7, 11) is -2.44. The number of rotatable bonds is 3. The molecule has 0 amide bonds. The van der Waals surface area contributed by atoms with Crippen LogP contribution in [-0.4, -0.2) is 23.1 Å². The second-order valence-electron chi connectivity index (χ2n) is 6.16. The fourth-order valence-corrected chi connectivity index (χ4v) is 3.52. The van der Waals surface area contributed by atoms with Gasteiger partial charge in [-0.15, -0.1) is 0 Å². The molecule has 2 N–H and O–H groups in total. The monoisotopic (exact) mass is 367 g/mol. The molecule has 0 fully saturated rings. The van der Waals surface area contributed by atoms with Gasteiger partial charge < -0.3 is 10.3 Å². The summed E-state index contributed by atoms with van der Waals surface area (Å²) in [6.07, 6.45) is -4.38. The highest BCUT2D eigenvalue weighted by molar-refractivity contribution is 7.70. The van der Waals surface area contributed by atoms with Crippen molar-refractivity contribution in [1.29, 1.82) is 0 Å². The summed E-state index contributed by atoms with van der Waals surface area (Å²) in [5, 5.41) is 5.88. The number of halogens is 3. The Morgan fingerprint density at radius 3 is 2.28 bits per heavy atom. The van der Waals surface area contributed by atoms with Crippen molar-refractivity contribution >= 4 is 23.3 Å². The first kappa shape index (κ1) is 17.7. The molecule has 0 aliphatic carbocycles. The van der Waals surface area contributed by atoms with Gasteiger partial charge in [0.2, 0.25) is 0 Å². The average molecular weight is 367 g/mol. The van der Waals surface area contributed by atoms with Crippen molar-refractivity contribution in [3.05, 3.63) is 53.7 Å². The Hall–Kier alpha value is -2.11. The minimum Gasteiger partial charge on any atom is -0.325 e. The molecule has 0 saturated carbocycles. The summed E-state index contributed by atoms with van der Waals surface area (Å²) in [6, 6.07) is 10.1. The number of nitrogens with two attached hydrogens (primary N) is 1. The lowest BCUT2D eigenvalue weighted by atomic mass is 10.2. The highest BCUT2D eigenvalue weighted by Gasteiger charge is 2.30. The van der Waals surface area contributed by atoms with Crippen LogP contribution in [0.5, 0.6) is 0 Å². The van der Waals surface area contributed by atoms with Gasteiger partial charge in [-0.3, -0.25) is 0 Å². The molecule has 0 aliphatic heterocycles. The van der Waals surface area contributed by atoms with E-state index in [-0.39, 0.29) is 6.54 Å². The third-order valence-corrected chi connectivity index (χ3v) is 5.52. The molecule has 1 aromatic heterocycles. The minimum absolute atomic E-state index is 0.172. The van der Waals surface area contributed by atoms with E-state index in [1.807, 2.05) is 0 Å². The van der Waals surface area contributed by atoms with E-state index in [0.29, 0.717) is 22.2 Å². The molecule has 8 heteroatoms. The van der Waals surface area contributed by atoms with Gasteiger partial charge in [0.05, 0.1) is 22.5 Å². The van der Waals surface area contributed by atoms with Gasteiger partial charge in [-0.2, -0.15) is 18.3 Å². The second kappa shape index (κ2) is 6.00. The Balaban J connectivity index is 2.15. The van der Waals surface area contributed by atoms with Gasteiger partial charge in [-0.1, -0.05) is 0 Å². The predicted octanol–water partition coefficient (Wildman–Crippen LogP) is 3.75. The van der Waals surface area contributed by atoms with Crippen molar-refractivity contribution in [3.63, 3.8) is 0 Å². The van der Waals surface area contributed by atoms with E-state index in [9.17, 15) is 17.7 Å². The Labute approximate surface area is 142 Å². The molecule has 132 valence electrons. The Morgan fingerprint density at radius 2 is 1.76 bits per heavy atom. The van der Waals surface area contributed by atoms with Crippen molar-refractivity contribution in [1.82, 2.24) is 9.78 Å². The first-order chi connectivity index (χ1) is 11.6. The molecule has 2 aromatic carbocycles. The normalized spacial score (nSPS) is 12.7. The van der Waals surface area contributed by atoms with E-state index >= 15 is 0 Å². The molecule has 25 heavy (non-hydrogen) atoms.